The van der Waals surface area contributed by atoms with E-state index in [-0.39, 0.29) is 5.69 Å². The van der Waals surface area contributed by atoms with Crippen LogP contribution in [0.5, 0.6) is 17.2 Å². The van der Waals surface area contributed by atoms with Gasteiger partial charge in [0.1, 0.15) is 17.2 Å². The summed E-state index contributed by atoms with van der Waals surface area (Å²) in [6.07, 6.45) is 4.51. The van der Waals surface area contributed by atoms with Crippen molar-refractivity contribution in [2.24, 2.45) is 0 Å². The maximum atomic E-state index is 12.7. The zero-order valence-electron chi connectivity index (χ0n) is 18.2. The zero-order valence-corrected chi connectivity index (χ0v) is 18.2. The lowest BCUT2D eigenvalue weighted by Crippen LogP contribution is -2.25. The molecule has 8 heteroatoms. The van der Waals surface area contributed by atoms with Crippen molar-refractivity contribution in [1.82, 2.24) is 9.78 Å². The molecule has 0 atom stereocenters. The van der Waals surface area contributed by atoms with E-state index in [0.717, 1.165) is 23.6 Å². The first-order chi connectivity index (χ1) is 15.5. The number of aromatic nitrogens is 2. The summed E-state index contributed by atoms with van der Waals surface area (Å²) in [6.45, 7) is 2.81. The van der Waals surface area contributed by atoms with Crippen LogP contribution in [0.2, 0.25) is 0 Å². The molecule has 0 fully saturated rings. The molecular weight excluding hydrogens is 410 g/mol. The van der Waals surface area contributed by atoms with Gasteiger partial charge in [-0.3, -0.25) is 9.59 Å². The second-order valence-corrected chi connectivity index (χ2v) is 7.19. The standard InChI is InChI=1S/C24H27N3O5/c1-3-4-5-8-15-32-18-13-11-17(12-14-18)25-24(30)23-20(28)16-22(29)27(26-23)19-9-6-7-10-21(19)31-2/h6-7,9-14,16,28H,3-5,8,15H2,1-2H3,(H,25,30). The fourth-order valence-electron chi connectivity index (χ4n) is 3.13. The monoisotopic (exact) mass is 437 g/mol. The van der Waals surface area contributed by atoms with E-state index >= 15 is 0 Å². The summed E-state index contributed by atoms with van der Waals surface area (Å²) >= 11 is 0. The Hall–Kier alpha value is -3.81. The molecule has 2 aromatic carbocycles. The summed E-state index contributed by atoms with van der Waals surface area (Å²) in [5, 5.41) is 16.9. The molecule has 0 spiro atoms. The minimum Gasteiger partial charge on any atom is -0.505 e. The van der Waals surface area contributed by atoms with Gasteiger partial charge in [-0.15, -0.1) is 0 Å². The molecule has 3 aromatic rings. The zero-order chi connectivity index (χ0) is 22.9. The van der Waals surface area contributed by atoms with Gasteiger partial charge in [-0.1, -0.05) is 38.3 Å². The van der Waals surface area contributed by atoms with Crippen LogP contribution in [0.4, 0.5) is 5.69 Å². The Kier molecular flexibility index (Phi) is 7.85. The highest BCUT2D eigenvalue weighted by atomic mass is 16.5. The topological polar surface area (TPSA) is 103 Å². The maximum absolute atomic E-state index is 12.7. The van der Waals surface area contributed by atoms with Crippen molar-refractivity contribution in [2.75, 3.05) is 19.0 Å². The number of benzene rings is 2. The number of unbranched alkanes of at least 4 members (excludes halogenated alkanes) is 3. The molecule has 2 N–H and O–H groups in total. The second-order valence-electron chi connectivity index (χ2n) is 7.19. The first-order valence-electron chi connectivity index (χ1n) is 10.5. The van der Waals surface area contributed by atoms with E-state index in [2.05, 4.69) is 17.3 Å². The fraction of sp³-hybridized carbons (Fsp3) is 0.292. The van der Waals surface area contributed by atoms with Crippen molar-refractivity contribution in [3.05, 3.63) is 70.6 Å². The number of ether oxygens (including phenoxy) is 2. The molecule has 1 heterocycles. The van der Waals surface area contributed by atoms with Crippen LogP contribution in [-0.2, 0) is 0 Å². The van der Waals surface area contributed by atoms with E-state index in [1.165, 1.54) is 20.0 Å². The molecule has 0 aliphatic carbocycles. The normalized spacial score (nSPS) is 10.6. The molecule has 0 saturated carbocycles. The molecule has 0 unspecified atom stereocenters. The highest BCUT2D eigenvalue weighted by molar-refractivity contribution is 6.04. The Morgan fingerprint density at radius 3 is 2.56 bits per heavy atom. The molecule has 0 saturated heterocycles. The molecule has 1 amide bonds. The van der Waals surface area contributed by atoms with E-state index in [1.54, 1.807) is 48.5 Å². The molecule has 8 nitrogen and oxygen atoms in total. The van der Waals surface area contributed by atoms with Gasteiger partial charge >= 0.3 is 0 Å². The third-order valence-electron chi connectivity index (χ3n) is 4.82. The van der Waals surface area contributed by atoms with Crippen molar-refractivity contribution in [1.29, 1.82) is 0 Å². The Labute approximate surface area is 186 Å². The Balaban J connectivity index is 1.73. The van der Waals surface area contributed by atoms with Crippen LogP contribution in [0.25, 0.3) is 5.69 Å². The lowest BCUT2D eigenvalue weighted by Gasteiger charge is -2.12. The summed E-state index contributed by atoms with van der Waals surface area (Å²) in [7, 11) is 1.47. The van der Waals surface area contributed by atoms with E-state index < -0.39 is 17.2 Å². The number of nitrogens with zero attached hydrogens (tertiary/aromatic N) is 2. The van der Waals surface area contributed by atoms with Crippen LogP contribution in [0.1, 0.15) is 43.1 Å². The van der Waals surface area contributed by atoms with Gasteiger partial charge in [-0.2, -0.15) is 9.78 Å². The van der Waals surface area contributed by atoms with E-state index in [4.69, 9.17) is 9.47 Å². The molecular formula is C24H27N3O5. The number of para-hydroxylation sites is 2. The minimum absolute atomic E-state index is 0.285. The quantitative estimate of drug-likeness (QED) is 0.462. The highest BCUT2D eigenvalue weighted by Gasteiger charge is 2.18. The van der Waals surface area contributed by atoms with Gasteiger partial charge in [0.15, 0.2) is 11.4 Å². The second kappa shape index (κ2) is 11.0. The average molecular weight is 437 g/mol. The van der Waals surface area contributed by atoms with Crippen LogP contribution in [-0.4, -0.2) is 34.5 Å². The predicted octanol–water partition coefficient (Wildman–Crippen LogP) is 4.16. The molecule has 168 valence electrons. The van der Waals surface area contributed by atoms with Gasteiger partial charge in [-0.25, -0.2) is 0 Å². The maximum Gasteiger partial charge on any atom is 0.279 e. The van der Waals surface area contributed by atoms with Crippen LogP contribution >= 0.6 is 0 Å². The highest BCUT2D eigenvalue weighted by Crippen LogP contribution is 2.22. The number of methoxy groups -OCH3 is 1. The van der Waals surface area contributed by atoms with E-state index in [0.29, 0.717) is 29.5 Å². The number of aromatic hydroxyl groups is 1. The Morgan fingerprint density at radius 2 is 1.84 bits per heavy atom. The lowest BCUT2D eigenvalue weighted by atomic mass is 10.2. The smallest absolute Gasteiger partial charge is 0.279 e. The SMILES string of the molecule is CCCCCCOc1ccc(NC(=O)c2nn(-c3ccccc3OC)c(=O)cc2O)cc1. The summed E-state index contributed by atoms with van der Waals surface area (Å²) in [4.78, 5) is 25.1. The first-order valence-corrected chi connectivity index (χ1v) is 10.5. The van der Waals surface area contributed by atoms with E-state index in [1.807, 2.05) is 0 Å². The Morgan fingerprint density at radius 1 is 1.09 bits per heavy atom. The molecule has 3 rings (SSSR count). The number of carbonyl (C=O) groups is 1. The molecule has 0 radical (unpaired) electrons. The van der Waals surface area contributed by atoms with Gasteiger partial charge in [0.25, 0.3) is 11.5 Å². The molecule has 0 bridgehead atoms. The van der Waals surface area contributed by atoms with Crippen LogP contribution < -0.4 is 20.3 Å². The van der Waals surface area contributed by atoms with Gasteiger partial charge in [0.2, 0.25) is 0 Å². The lowest BCUT2D eigenvalue weighted by molar-refractivity contribution is 0.101. The summed E-state index contributed by atoms with van der Waals surface area (Å²) in [6, 6.07) is 14.6. The van der Waals surface area contributed by atoms with Crippen LogP contribution in [0.15, 0.2) is 59.4 Å². The Bertz CT molecular complexity index is 1110. The number of amides is 1. The van der Waals surface area contributed by atoms with E-state index in [9.17, 15) is 14.7 Å². The average Bonchev–Trinajstić information content (AvgIpc) is 2.80. The molecule has 32 heavy (non-hydrogen) atoms. The number of nitrogens with one attached hydrogen (secondary N) is 1. The van der Waals surface area contributed by atoms with Crippen molar-refractivity contribution in [3.63, 3.8) is 0 Å². The number of carbonyl (C=O) groups excluding carboxylic acids is 1. The molecule has 1 aromatic heterocycles. The third-order valence-corrected chi connectivity index (χ3v) is 4.82. The van der Waals surface area contributed by atoms with Crippen LogP contribution in [0, 0.1) is 0 Å². The van der Waals surface area contributed by atoms with Gasteiger partial charge < -0.3 is 19.9 Å². The molecule has 0 aliphatic rings. The number of hydrogen-bond donors (Lipinski definition) is 2. The van der Waals surface area contributed by atoms with Crippen molar-refractivity contribution >= 4 is 11.6 Å². The summed E-state index contributed by atoms with van der Waals surface area (Å²) in [5.41, 5.74) is -0.0187. The summed E-state index contributed by atoms with van der Waals surface area (Å²) in [5.74, 6) is -0.0420. The largest absolute Gasteiger partial charge is 0.505 e. The number of hydrogen-bond acceptors (Lipinski definition) is 6. The summed E-state index contributed by atoms with van der Waals surface area (Å²) < 4.78 is 12.0. The molecule has 0 aliphatic heterocycles. The van der Waals surface area contributed by atoms with Crippen molar-refractivity contribution < 1.29 is 19.4 Å². The van der Waals surface area contributed by atoms with Crippen molar-refractivity contribution in [2.45, 2.75) is 32.6 Å². The number of anilines is 1. The van der Waals surface area contributed by atoms with Gasteiger partial charge in [-0.05, 0) is 42.8 Å². The van der Waals surface area contributed by atoms with Crippen LogP contribution in [0.3, 0.4) is 0 Å². The first kappa shape index (κ1) is 22.9. The number of rotatable bonds is 10. The van der Waals surface area contributed by atoms with Gasteiger partial charge in [0.05, 0.1) is 13.7 Å². The van der Waals surface area contributed by atoms with Gasteiger partial charge in [0, 0.05) is 11.8 Å². The van der Waals surface area contributed by atoms with Crippen molar-refractivity contribution in [3.8, 4) is 22.9 Å². The third kappa shape index (κ3) is 5.66. The minimum atomic E-state index is -0.653. The predicted molar refractivity (Wildman–Crippen MR) is 122 cm³/mol. The fourth-order valence-corrected chi connectivity index (χ4v) is 3.13.